The molecule has 0 bridgehead atoms. The molecule has 0 amide bonds. The van der Waals surface area contributed by atoms with Crippen molar-refractivity contribution in [3.63, 3.8) is 0 Å². The highest BCUT2D eigenvalue weighted by Crippen LogP contribution is 2.36. The summed E-state index contributed by atoms with van der Waals surface area (Å²) >= 11 is 0. The zero-order valence-electron chi connectivity index (χ0n) is 10.2. The Hall–Kier alpha value is -1.22. The van der Waals surface area contributed by atoms with Gasteiger partial charge in [0.25, 0.3) is 0 Å². The summed E-state index contributed by atoms with van der Waals surface area (Å²) in [5.74, 6) is 2.49. The van der Waals surface area contributed by atoms with E-state index in [0.717, 1.165) is 17.4 Å². The van der Waals surface area contributed by atoms with Gasteiger partial charge >= 0.3 is 0 Å². The SMILES string of the molecule is CNC(C1CCC1)C1COc2ccccc2O1. The van der Waals surface area contributed by atoms with E-state index >= 15 is 0 Å². The second kappa shape index (κ2) is 4.57. The molecule has 2 unspecified atom stereocenters. The lowest BCUT2D eigenvalue weighted by Crippen LogP contribution is -2.52. The Balaban J connectivity index is 1.73. The Kier molecular flexibility index (Phi) is 2.93. The van der Waals surface area contributed by atoms with Gasteiger partial charge in [0.05, 0.1) is 6.04 Å². The largest absolute Gasteiger partial charge is 0.486 e. The van der Waals surface area contributed by atoms with Crippen LogP contribution in [-0.2, 0) is 0 Å². The van der Waals surface area contributed by atoms with Crippen LogP contribution in [0.2, 0.25) is 0 Å². The zero-order chi connectivity index (χ0) is 11.7. The summed E-state index contributed by atoms with van der Waals surface area (Å²) in [5, 5.41) is 3.40. The number of nitrogens with one attached hydrogen (secondary N) is 1. The molecular weight excluding hydrogens is 214 g/mol. The number of hydrogen-bond donors (Lipinski definition) is 1. The van der Waals surface area contributed by atoms with Crippen molar-refractivity contribution < 1.29 is 9.47 Å². The first kappa shape index (κ1) is 10.9. The molecule has 1 saturated carbocycles. The summed E-state index contributed by atoms with van der Waals surface area (Å²) in [5.41, 5.74) is 0. The molecule has 1 aromatic rings. The van der Waals surface area contributed by atoms with Gasteiger partial charge in [-0.15, -0.1) is 0 Å². The fourth-order valence-electron chi connectivity index (χ4n) is 2.74. The first-order valence-corrected chi connectivity index (χ1v) is 6.44. The molecule has 3 rings (SSSR count). The lowest BCUT2D eigenvalue weighted by atomic mass is 9.77. The maximum atomic E-state index is 6.05. The van der Waals surface area contributed by atoms with Gasteiger partial charge in [-0.3, -0.25) is 0 Å². The van der Waals surface area contributed by atoms with Crippen LogP contribution in [0.1, 0.15) is 19.3 Å². The molecule has 3 nitrogen and oxygen atoms in total. The third kappa shape index (κ3) is 2.00. The Morgan fingerprint density at radius 3 is 2.65 bits per heavy atom. The van der Waals surface area contributed by atoms with Gasteiger partial charge in [-0.25, -0.2) is 0 Å². The summed E-state index contributed by atoms with van der Waals surface area (Å²) < 4.78 is 11.8. The summed E-state index contributed by atoms with van der Waals surface area (Å²) in [4.78, 5) is 0. The number of fused-ring (bicyclic) bond motifs is 1. The summed E-state index contributed by atoms with van der Waals surface area (Å²) in [6.07, 6.45) is 4.12. The Labute approximate surface area is 102 Å². The van der Waals surface area contributed by atoms with E-state index in [9.17, 15) is 0 Å². The van der Waals surface area contributed by atoms with Gasteiger partial charge in [0, 0.05) is 0 Å². The van der Waals surface area contributed by atoms with Crippen LogP contribution in [0, 0.1) is 5.92 Å². The van der Waals surface area contributed by atoms with Crippen molar-refractivity contribution in [2.45, 2.75) is 31.4 Å². The van der Waals surface area contributed by atoms with E-state index in [2.05, 4.69) is 5.32 Å². The minimum Gasteiger partial charge on any atom is -0.486 e. The van der Waals surface area contributed by atoms with Gasteiger partial charge < -0.3 is 14.8 Å². The van der Waals surface area contributed by atoms with Crippen LogP contribution in [0.5, 0.6) is 11.5 Å². The molecule has 1 N–H and O–H groups in total. The molecule has 1 aliphatic carbocycles. The molecule has 0 spiro atoms. The summed E-state index contributed by atoms with van der Waals surface area (Å²) in [7, 11) is 2.02. The van der Waals surface area contributed by atoms with Crippen molar-refractivity contribution >= 4 is 0 Å². The average molecular weight is 233 g/mol. The molecule has 0 saturated heterocycles. The van der Waals surface area contributed by atoms with E-state index in [4.69, 9.17) is 9.47 Å². The van der Waals surface area contributed by atoms with E-state index in [-0.39, 0.29) is 6.10 Å². The Morgan fingerprint density at radius 2 is 2.00 bits per heavy atom. The molecule has 2 aliphatic rings. The molecule has 2 atom stereocenters. The van der Waals surface area contributed by atoms with Crippen LogP contribution >= 0.6 is 0 Å². The predicted molar refractivity (Wildman–Crippen MR) is 66.5 cm³/mol. The highest BCUT2D eigenvalue weighted by molar-refractivity contribution is 5.40. The van der Waals surface area contributed by atoms with Crippen molar-refractivity contribution in [2.75, 3.05) is 13.7 Å². The van der Waals surface area contributed by atoms with Crippen LogP contribution < -0.4 is 14.8 Å². The average Bonchev–Trinajstić information content (AvgIpc) is 2.33. The van der Waals surface area contributed by atoms with Crippen molar-refractivity contribution in [1.82, 2.24) is 5.32 Å². The third-order valence-corrected chi connectivity index (χ3v) is 3.92. The van der Waals surface area contributed by atoms with Gasteiger partial charge in [-0.1, -0.05) is 18.6 Å². The van der Waals surface area contributed by atoms with Crippen molar-refractivity contribution in [1.29, 1.82) is 0 Å². The van der Waals surface area contributed by atoms with Crippen LogP contribution in [0.3, 0.4) is 0 Å². The monoisotopic (exact) mass is 233 g/mol. The second-order valence-electron chi connectivity index (χ2n) is 4.92. The van der Waals surface area contributed by atoms with E-state index in [1.807, 2.05) is 31.3 Å². The molecule has 1 heterocycles. The molecule has 1 aliphatic heterocycles. The third-order valence-electron chi connectivity index (χ3n) is 3.92. The molecule has 17 heavy (non-hydrogen) atoms. The van der Waals surface area contributed by atoms with Crippen LogP contribution in [0.4, 0.5) is 0 Å². The molecule has 1 fully saturated rings. The van der Waals surface area contributed by atoms with Crippen molar-refractivity contribution in [3.05, 3.63) is 24.3 Å². The van der Waals surface area contributed by atoms with Crippen LogP contribution in [0.25, 0.3) is 0 Å². The molecule has 0 radical (unpaired) electrons. The highest BCUT2D eigenvalue weighted by Gasteiger charge is 2.36. The van der Waals surface area contributed by atoms with Gasteiger partial charge in [0.15, 0.2) is 11.5 Å². The molecule has 1 aromatic carbocycles. The second-order valence-corrected chi connectivity index (χ2v) is 4.92. The van der Waals surface area contributed by atoms with Gasteiger partial charge in [-0.05, 0) is 37.9 Å². The number of benzene rings is 1. The van der Waals surface area contributed by atoms with E-state index in [1.165, 1.54) is 19.3 Å². The van der Waals surface area contributed by atoms with Crippen molar-refractivity contribution in [3.8, 4) is 11.5 Å². The van der Waals surface area contributed by atoms with Gasteiger partial charge in [0.2, 0.25) is 0 Å². The summed E-state index contributed by atoms with van der Waals surface area (Å²) in [6.45, 7) is 0.652. The number of ether oxygens (including phenoxy) is 2. The quantitative estimate of drug-likeness (QED) is 0.868. The minimum absolute atomic E-state index is 0.139. The number of likely N-dealkylation sites (N-methyl/N-ethyl adjacent to an activating group) is 1. The van der Waals surface area contributed by atoms with Crippen LogP contribution in [-0.4, -0.2) is 25.8 Å². The first-order valence-electron chi connectivity index (χ1n) is 6.44. The summed E-state index contributed by atoms with van der Waals surface area (Å²) in [6, 6.07) is 8.32. The smallest absolute Gasteiger partial charge is 0.161 e. The molecule has 3 heteroatoms. The van der Waals surface area contributed by atoms with E-state index < -0.39 is 0 Å². The maximum Gasteiger partial charge on any atom is 0.161 e. The normalized spacial score (nSPS) is 25.1. The standard InChI is InChI=1S/C14H19NO2/c1-15-14(10-5-4-6-10)13-9-16-11-7-2-3-8-12(11)17-13/h2-3,7-8,10,13-15H,4-6,9H2,1H3. The Morgan fingerprint density at radius 1 is 1.24 bits per heavy atom. The van der Waals surface area contributed by atoms with E-state index in [0.29, 0.717) is 12.6 Å². The highest BCUT2D eigenvalue weighted by atomic mass is 16.6. The lowest BCUT2D eigenvalue weighted by molar-refractivity contribution is 0.0310. The topological polar surface area (TPSA) is 30.5 Å². The van der Waals surface area contributed by atoms with Gasteiger partial charge in [0.1, 0.15) is 12.7 Å². The van der Waals surface area contributed by atoms with Crippen LogP contribution in [0.15, 0.2) is 24.3 Å². The number of hydrogen-bond acceptors (Lipinski definition) is 3. The number of para-hydroxylation sites is 2. The number of rotatable bonds is 3. The maximum absolute atomic E-state index is 6.05. The molecule has 0 aromatic heterocycles. The lowest BCUT2D eigenvalue weighted by Gasteiger charge is -2.40. The fourth-order valence-corrected chi connectivity index (χ4v) is 2.74. The molecule has 92 valence electrons. The first-order chi connectivity index (χ1) is 8.38. The predicted octanol–water partition coefficient (Wildman–Crippen LogP) is 2.21. The van der Waals surface area contributed by atoms with Gasteiger partial charge in [-0.2, -0.15) is 0 Å². The van der Waals surface area contributed by atoms with E-state index in [1.54, 1.807) is 0 Å². The fraction of sp³-hybridized carbons (Fsp3) is 0.571. The molecular formula is C14H19NO2. The minimum atomic E-state index is 0.139. The Bertz CT molecular complexity index is 390. The van der Waals surface area contributed by atoms with Crippen molar-refractivity contribution in [2.24, 2.45) is 5.92 Å². The zero-order valence-corrected chi connectivity index (χ0v) is 10.2.